The second-order valence-electron chi connectivity index (χ2n) is 3.49. The molecule has 0 radical (unpaired) electrons. The third-order valence-corrected chi connectivity index (χ3v) is 2.37. The molecule has 0 aromatic carbocycles. The largest absolute Gasteiger partial charge is 0.478 e. The molecule has 0 rings (SSSR count). The lowest BCUT2D eigenvalue weighted by Crippen LogP contribution is -2.00. The van der Waals surface area contributed by atoms with Crippen molar-refractivity contribution in [3.05, 3.63) is 11.6 Å². The quantitative estimate of drug-likeness (QED) is 0.643. The zero-order valence-electron chi connectivity index (χ0n) is 8.84. The lowest BCUT2D eigenvalue weighted by atomic mass is 9.96. The molecule has 0 saturated carbocycles. The van der Waals surface area contributed by atoms with E-state index in [1.54, 1.807) is 6.92 Å². The molecule has 0 saturated heterocycles. The second kappa shape index (κ2) is 6.70. The van der Waals surface area contributed by atoms with Gasteiger partial charge in [0.15, 0.2) is 0 Å². The van der Waals surface area contributed by atoms with E-state index in [9.17, 15) is 4.79 Å². The summed E-state index contributed by atoms with van der Waals surface area (Å²) in [7, 11) is 0. The van der Waals surface area contributed by atoms with Crippen molar-refractivity contribution in [2.75, 3.05) is 0 Å². The van der Waals surface area contributed by atoms with Gasteiger partial charge in [-0.1, -0.05) is 39.2 Å². The minimum absolute atomic E-state index is 0.467. The van der Waals surface area contributed by atoms with Crippen LogP contribution < -0.4 is 0 Å². The van der Waals surface area contributed by atoms with Gasteiger partial charge < -0.3 is 5.11 Å². The van der Waals surface area contributed by atoms with Crippen molar-refractivity contribution < 1.29 is 9.90 Å². The Morgan fingerprint density at radius 1 is 1.46 bits per heavy atom. The van der Waals surface area contributed by atoms with E-state index in [2.05, 4.69) is 13.8 Å². The Bertz CT molecular complexity index is 183. The third kappa shape index (κ3) is 5.45. The maximum absolute atomic E-state index is 10.5. The topological polar surface area (TPSA) is 37.3 Å². The van der Waals surface area contributed by atoms with Crippen LogP contribution in [-0.4, -0.2) is 11.1 Å². The Morgan fingerprint density at radius 3 is 2.46 bits per heavy atom. The van der Waals surface area contributed by atoms with Gasteiger partial charge in [0, 0.05) is 5.57 Å². The van der Waals surface area contributed by atoms with Gasteiger partial charge in [0.25, 0.3) is 0 Å². The molecule has 2 nitrogen and oxygen atoms in total. The molecule has 0 aliphatic carbocycles. The Morgan fingerprint density at radius 2 is 2.08 bits per heavy atom. The number of aliphatic carboxylic acids is 1. The summed E-state index contributed by atoms with van der Waals surface area (Å²) in [6.45, 7) is 5.97. The summed E-state index contributed by atoms with van der Waals surface area (Å²) in [6, 6.07) is 0. The van der Waals surface area contributed by atoms with Crippen LogP contribution in [0.3, 0.4) is 0 Å². The highest BCUT2D eigenvalue weighted by atomic mass is 16.4. The summed E-state index contributed by atoms with van der Waals surface area (Å²) in [5.41, 5.74) is 0.467. The monoisotopic (exact) mass is 184 g/mol. The molecule has 0 aliphatic heterocycles. The van der Waals surface area contributed by atoms with Gasteiger partial charge in [-0.3, -0.25) is 0 Å². The number of carboxylic acid groups (broad SMARTS) is 1. The van der Waals surface area contributed by atoms with Gasteiger partial charge in [-0.25, -0.2) is 4.79 Å². The van der Waals surface area contributed by atoms with E-state index in [0.29, 0.717) is 11.5 Å². The van der Waals surface area contributed by atoms with E-state index in [1.165, 1.54) is 12.8 Å². The van der Waals surface area contributed by atoms with Gasteiger partial charge in [-0.15, -0.1) is 0 Å². The highest BCUT2D eigenvalue weighted by Gasteiger charge is 2.04. The van der Waals surface area contributed by atoms with Crippen LogP contribution in [0.4, 0.5) is 0 Å². The zero-order valence-corrected chi connectivity index (χ0v) is 8.84. The molecule has 76 valence electrons. The molecule has 1 unspecified atom stereocenters. The van der Waals surface area contributed by atoms with E-state index in [1.807, 2.05) is 6.08 Å². The van der Waals surface area contributed by atoms with Gasteiger partial charge in [0.1, 0.15) is 0 Å². The molecule has 0 amide bonds. The van der Waals surface area contributed by atoms with Crippen molar-refractivity contribution in [2.24, 2.45) is 5.92 Å². The van der Waals surface area contributed by atoms with Gasteiger partial charge in [-0.05, 0) is 19.3 Å². The smallest absolute Gasteiger partial charge is 0.330 e. The fourth-order valence-electron chi connectivity index (χ4n) is 1.33. The Hall–Kier alpha value is -0.790. The number of allylic oxidation sites excluding steroid dienone is 1. The fraction of sp³-hybridized carbons (Fsp3) is 0.727. The molecule has 0 aromatic heterocycles. The average molecular weight is 184 g/mol. The third-order valence-electron chi connectivity index (χ3n) is 2.37. The van der Waals surface area contributed by atoms with E-state index in [4.69, 9.17) is 5.11 Å². The van der Waals surface area contributed by atoms with Crippen LogP contribution >= 0.6 is 0 Å². The molecule has 1 N–H and O–H groups in total. The maximum Gasteiger partial charge on any atom is 0.330 e. The van der Waals surface area contributed by atoms with Crippen molar-refractivity contribution in [3.8, 4) is 0 Å². The highest BCUT2D eigenvalue weighted by Crippen LogP contribution is 2.16. The Labute approximate surface area is 80.7 Å². The molecule has 0 bridgehead atoms. The molecule has 0 fully saturated rings. The minimum atomic E-state index is -0.800. The van der Waals surface area contributed by atoms with Gasteiger partial charge >= 0.3 is 5.97 Å². The molecular weight excluding hydrogens is 164 g/mol. The van der Waals surface area contributed by atoms with E-state index in [0.717, 1.165) is 12.8 Å². The van der Waals surface area contributed by atoms with Crippen LogP contribution in [0.15, 0.2) is 11.6 Å². The predicted molar refractivity (Wildman–Crippen MR) is 54.7 cm³/mol. The summed E-state index contributed by atoms with van der Waals surface area (Å²) in [6.07, 6.45) is 6.25. The summed E-state index contributed by atoms with van der Waals surface area (Å²) < 4.78 is 0. The van der Waals surface area contributed by atoms with E-state index >= 15 is 0 Å². The standard InChI is InChI=1S/C11H20O2/c1-4-6-10(5-2)8-7-9(3)11(12)13/h7,10H,4-6,8H2,1-3H3,(H,12,13). The lowest BCUT2D eigenvalue weighted by molar-refractivity contribution is -0.132. The molecule has 0 heterocycles. The lowest BCUT2D eigenvalue weighted by Gasteiger charge is -2.10. The molecule has 0 aromatic rings. The first-order valence-electron chi connectivity index (χ1n) is 5.01. The summed E-state index contributed by atoms with van der Waals surface area (Å²) in [5, 5.41) is 8.63. The van der Waals surface area contributed by atoms with Crippen LogP contribution in [0.5, 0.6) is 0 Å². The zero-order chi connectivity index (χ0) is 10.3. The first-order chi connectivity index (χ1) is 6.11. The van der Waals surface area contributed by atoms with E-state index < -0.39 is 5.97 Å². The fourth-order valence-corrected chi connectivity index (χ4v) is 1.33. The van der Waals surface area contributed by atoms with E-state index in [-0.39, 0.29) is 0 Å². The molecule has 0 aliphatic rings. The summed E-state index contributed by atoms with van der Waals surface area (Å²) in [5.74, 6) is -0.148. The van der Waals surface area contributed by atoms with Crippen molar-refractivity contribution in [3.63, 3.8) is 0 Å². The number of hydrogen-bond acceptors (Lipinski definition) is 1. The second-order valence-corrected chi connectivity index (χ2v) is 3.49. The molecule has 2 heteroatoms. The van der Waals surface area contributed by atoms with Crippen LogP contribution in [0, 0.1) is 5.92 Å². The molecular formula is C11H20O2. The highest BCUT2D eigenvalue weighted by molar-refractivity contribution is 5.85. The Balaban J connectivity index is 3.95. The van der Waals surface area contributed by atoms with Crippen LogP contribution in [-0.2, 0) is 4.79 Å². The van der Waals surface area contributed by atoms with Crippen LogP contribution in [0.25, 0.3) is 0 Å². The SMILES string of the molecule is CCCC(CC)CC=C(C)C(=O)O. The van der Waals surface area contributed by atoms with Crippen molar-refractivity contribution in [2.45, 2.75) is 46.5 Å². The van der Waals surface area contributed by atoms with Crippen molar-refractivity contribution in [1.29, 1.82) is 0 Å². The van der Waals surface area contributed by atoms with Crippen molar-refractivity contribution in [1.82, 2.24) is 0 Å². The normalized spacial score (nSPS) is 14.2. The molecule has 0 spiro atoms. The van der Waals surface area contributed by atoms with Gasteiger partial charge in [-0.2, -0.15) is 0 Å². The number of carboxylic acids is 1. The molecule has 13 heavy (non-hydrogen) atoms. The molecule has 1 atom stereocenters. The number of carbonyl (C=O) groups is 1. The van der Waals surface area contributed by atoms with Crippen molar-refractivity contribution >= 4 is 5.97 Å². The predicted octanol–water partition coefficient (Wildman–Crippen LogP) is 3.23. The van der Waals surface area contributed by atoms with Crippen LogP contribution in [0.1, 0.15) is 46.5 Å². The first kappa shape index (κ1) is 12.2. The van der Waals surface area contributed by atoms with Crippen LogP contribution in [0.2, 0.25) is 0 Å². The van der Waals surface area contributed by atoms with Gasteiger partial charge in [0.2, 0.25) is 0 Å². The maximum atomic E-state index is 10.5. The van der Waals surface area contributed by atoms with Gasteiger partial charge in [0.05, 0.1) is 0 Å². The summed E-state index contributed by atoms with van der Waals surface area (Å²) >= 11 is 0. The number of hydrogen-bond donors (Lipinski definition) is 1. The minimum Gasteiger partial charge on any atom is -0.478 e. The first-order valence-corrected chi connectivity index (χ1v) is 5.01. The summed E-state index contributed by atoms with van der Waals surface area (Å²) in [4.78, 5) is 10.5. The average Bonchev–Trinajstić information content (AvgIpc) is 2.11. The number of rotatable bonds is 6. The Kier molecular flexibility index (Phi) is 6.29.